The van der Waals surface area contributed by atoms with Gasteiger partial charge in [0.1, 0.15) is 22.8 Å². The van der Waals surface area contributed by atoms with Gasteiger partial charge in [0, 0.05) is 18.4 Å². The van der Waals surface area contributed by atoms with Crippen molar-refractivity contribution in [1.29, 1.82) is 0 Å². The summed E-state index contributed by atoms with van der Waals surface area (Å²) in [5, 5.41) is 0. The van der Waals surface area contributed by atoms with Crippen molar-refractivity contribution >= 4 is 5.97 Å². The molecule has 222 valence electrons. The molecule has 0 amide bonds. The van der Waals surface area contributed by atoms with E-state index >= 15 is 0 Å². The molecule has 3 aromatic rings. The van der Waals surface area contributed by atoms with Gasteiger partial charge >= 0.3 is 5.97 Å². The molecule has 0 saturated heterocycles. The van der Waals surface area contributed by atoms with Crippen molar-refractivity contribution < 1.29 is 28.2 Å². The first-order valence-corrected chi connectivity index (χ1v) is 14.7. The summed E-state index contributed by atoms with van der Waals surface area (Å²) < 4.78 is 30.0. The Hall–Kier alpha value is -3.16. The number of hydrogen-bond donors (Lipinski definition) is 0. The number of rotatable bonds is 12. The minimum absolute atomic E-state index is 0.0981. The molecule has 1 aliphatic rings. The lowest BCUT2D eigenvalue weighted by Gasteiger charge is -2.35. The maximum atomic E-state index is 13.3. The van der Waals surface area contributed by atoms with E-state index in [1.54, 1.807) is 7.11 Å². The summed E-state index contributed by atoms with van der Waals surface area (Å²) in [6.07, 6.45) is 5.25. The van der Waals surface area contributed by atoms with Crippen LogP contribution in [0.5, 0.6) is 5.75 Å². The molecule has 1 heterocycles. The van der Waals surface area contributed by atoms with Crippen LogP contribution in [-0.2, 0) is 38.5 Å². The maximum absolute atomic E-state index is 13.3. The molecule has 1 fully saturated rings. The maximum Gasteiger partial charge on any atom is 0.338 e. The van der Waals surface area contributed by atoms with Crippen LogP contribution in [0.2, 0.25) is 0 Å². The summed E-state index contributed by atoms with van der Waals surface area (Å²) in [5.74, 6) is 2.14. The summed E-state index contributed by atoms with van der Waals surface area (Å²) in [7, 11) is 1.65. The minimum atomic E-state index is -1.07. The average Bonchev–Trinajstić information content (AvgIpc) is 3.38. The molecule has 41 heavy (non-hydrogen) atoms. The van der Waals surface area contributed by atoms with Crippen LogP contribution in [-0.4, -0.2) is 42.0 Å². The van der Waals surface area contributed by atoms with Gasteiger partial charge in [0.05, 0.1) is 26.4 Å². The molecule has 1 saturated carbocycles. The molecule has 3 unspecified atom stereocenters. The molecule has 2 aromatic carbocycles. The van der Waals surface area contributed by atoms with E-state index in [4.69, 9.17) is 28.3 Å². The molecule has 7 nitrogen and oxygen atoms in total. The van der Waals surface area contributed by atoms with Gasteiger partial charge in [0.25, 0.3) is 0 Å². The standard InChI is InChI=1S/C34H45NO6/c1-7-30-29(35-31(40-30)26-16-12-17-27(20-26)37-6)23-38-28-18-11-15-25(19-28)22-39-34(5,32(36)41-33(2,3)4)21-24-13-9-8-10-14-24/h8-10,12-14,16-17,20,25,28H,7,11,15,18-19,21-23H2,1-6H3. The largest absolute Gasteiger partial charge is 0.497 e. The van der Waals surface area contributed by atoms with E-state index in [9.17, 15) is 4.79 Å². The van der Waals surface area contributed by atoms with Crippen molar-refractivity contribution in [1.82, 2.24) is 4.98 Å². The van der Waals surface area contributed by atoms with Crippen LogP contribution in [0.4, 0.5) is 0 Å². The fourth-order valence-corrected chi connectivity index (χ4v) is 5.25. The predicted octanol–water partition coefficient (Wildman–Crippen LogP) is 7.35. The van der Waals surface area contributed by atoms with E-state index in [0.717, 1.165) is 60.4 Å². The smallest absolute Gasteiger partial charge is 0.338 e. The molecule has 0 bridgehead atoms. The first-order chi connectivity index (χ1) is 19.6. The lowest BCUT2D eigenvalue weighted by molar-refractivity contribution is -0.184. The third-order valence-corrected chi connectivity index (χ3v) is 7.46. The van der Waals surface area contributed by atoms with Crippen LogP contribution in [0.1, 0.15) is 77.3 Å². The zero-order valence-corrected chi connectivity index (χ0v) is 25.4. The number of aryl methyl sites for hydroxylation is 1. The van der Waals surface area contributed by atoms with E-state index in [1.165, 1.54) is 0 Å². The predicted molar refractivity (Wildman–Crippen MR) is 159 cm³/mol. The Morgan fingerprint density at radius 1 is 1.05 bits per heavy atom. The molecule has 0 N–H and O–H groups in total. The molecule has 1 aliphatic carbocycles. The topological polar surface area (TPSA) is 80.0 Å². The summed E-state index contributed by atoms with van der Waals surface area (Å²) in [6.45, 7) is 10.4. The van der Waals surface area contributed by atoms with Crippen molar-refractivity contribution in [3.63, 3.8) is 0 Å². The zero-order chi connectivity index (χ0) is 29.5. The second-order valence-corrected chi connectivity index (χ2v) is 12.1. The number of aromatic nitrogens is 1. The molecule has 0 radical (unpaired) electrons. The van der Waals surface area contributed by atoms with Gasteiger partial charge in [-0.1, -0.05) is 49.7 Å². The third kappa shape index (κ3) is 8.66. The van der Waals surface area contributed by atoms with E-state index in [2.05, 4.69) is 6.92 Å². The van der Waals surface area contributed by atoms with Crippen molar-refractivity contribution in [3.05, 3.63) is 71.6 Å². The highest BCUT2D eigenvalue weighted by Gasteiger charge is 2.39. The third-order valence-electron chi connectivity index (χ3n) is 7.46. The normalized spacial score (nSPS) is 19.0. The SMILES string of the molecule is CCc1oc(-c2cccc(OC)c2)nc1COC1CCCC(COC(C)(Cc2ccccc2)C(=O)OC(C)(C)C)C1. The monoisotopic (exact) mass is 563 g/mol. The van der Waals surface area contributed by atoms with Crippen molar-refractivity contribution in [2.45, 2.75) is 97.1 Å². The van der Waals surface area contributed by atoms with Crippen molar-refractivity contribution in [3.8, 4) is 17.2 Å². The van der Waals surface area contributed by atoms with Crippen LogP contribution < -0.4 is 4.74 Å². The molecule has 1 aromatic heterocycles. The highest BCUT2D eigenvalue weighted by Crippen LogP contribution is 2.32. The first-order valence-electron chi connectivity index (χ1n) is 14.7. The number of methoxy groups -OCH3 is 1. The fourth-order valence-electron chi connectivity index (χ4n) is 5.25. The van der Waals surface area contributed by atoms with E-state index in [-0.39, 0.29) is 12.1 Å². The summed E-state index contributed by atoms with van der Waals surface area (Å²) in [5.41, 5.74) is 1.09. The number of hydrogen-bond acceptors (Lipinski definition) is 7. The van der Waals surface area contributed by atoms with Gasteiger partial charge in [-0.05, 0) is 76.6 Å². The zero-order valence-electron chi connectivity index (χ0n) is 25.4. The Balaban J connectivity index is 1.37. The molecule has 7 heteroatoms. The minimum Gasteiger partial charge on any atom is -0.497 e. The quantitative estimate of drug-likeness (QED) is 0.213. The van der Waals surface area contributed by atoms with Gasteiger partial charge < -0.3 is 23.4 Å². The number of ether oxygens (including phenoxy) is 4. The number of benzene rings is 2. The van der Waals surface area contributed by atoms with Crippen LogP contribution in [0.15, 0.2) is 59.0 Å². The highest BCUT2D eigenvalue weighted by atomic mass is 16.6. The second kappa shape index (κ2) is 13.7. The van der Waals surface area contributed by atoms with E-state index < -0.39 is 11.2 Å². The fraction of sp³-hybridized carbons (Fsp3) is 0.529. The second-order valence-electron chi connectivity index (χ2n) is 12.1. The highest BCUT2D eigenvalue weighted by molar-refractivity contribution is 5.80. The molecule has 0 spiro atoms. The first kappa shape index (κ1) is 30.8. The Labute approximate surface area is 244 Å². The van der Waals surface area contributed by atoms with Gasteiger partial charge in [-0.2, -0.15) is 0 Å². The van der Waals surface area contributed by atoms with Gasteiger partial charge in [-0.25, -0.2) is 9.78 Å². The summed E-state index contributed by atoms with van der Waals surface area (Å²) >= 11 is 0. The van der Waals surface area contributed by atoms with Gasteiger partial charge in [-0.15, -0.1) is 0 Å². The van der Waals surface area contributed by atoms with E-state index in [1.807, 2.05) is 82.3 Å². The molecular weight excluding hydrogens is 518 g/mol. The summed E-state index contributed by atoms with van der Waals surface area (Å²) in [4.78, 5) is 18.1. The number of esters is 1. The summed E-state index contributed by atoms with van der Waals surface area (Å²) in [6, 6.07) is 17.7. The number of carbonyl (C=O) groups is 1. The lowest BCUT2D eigenvalue weighted by Crippen LogP contribution is -2.46. The van der Waals surface area contributed by atoms with Crippen molar-refractivity contribution in [2.24, 2.45) is 5.92 Å². The molecule has 4 rings (SSSR count). The number of oxazole rings is 1. The van der Waals surface area contributed by atoms with E-state index in [0.29, 0.717) is 31.4 Å². The van der Waals surface area contributed by atoms with Gasteiger partial charge in [0.15, 0.2) is 5.60 Å². The average molecular weight is 564 g/mol. The molecule has 3 atom stereocenters. The Bertz CT molecular complexity index is 1260. The Kier molecular flexibility index (Phi) is 10.3. The van der Waals surface area contributed by atoms with Crippen LogP contribution in [0.25, 0.3) is 11.5 Å². The lowest BCUT2D eigenvalue weighted by atomic mass is 9.87. The Morgan fingerprint density at radius 2 is 1.83 bits per heavy atom. The van der Waals surface area contributed by atoms with Gasteiger partial charge in [-0.3, -0.25) is 0 Å². The number of nitrogens with zero attached hydrogens (tertiary/aromatic N) is 1. The van der Waals surface area contributed by atoms with Crippen LogP contribution in [0, 0.1) is 5.92 Å². The molecular formula is C34H45NO6. The molecule has 0 aliphatic heterocycles. The Morgan fingerprint density at radius 3 is 2.54 bits per heavy atom. The van der Waals surface area contributed by atoms with Crippen LogP contribution >= 0.6 is 0 Å². The van der Waals surface area contributed by atoms with Crippen LogP contribution in [0.3, 0.4) is 0 Å². The van der Waals surface area contributed by atoms with Crippen molar-refractivity contribution in [2.75, 3.05) is 13.7 Å². The van der Waals surface area contributed by atoms with Gasteiger partial charge in [0.2, 0.25) is 5.89 Å². The number of carbonyl (C=O) groups excluding carboxylic acids is 1.